The number of halogens is 2. The summed E-state index contributed by atoms with van der Waals surface area (Å²) in [4.78, 5) is 3.85. The van der Waals surface area contributed by atoms with Crippen LogP contribution in [-0.4, -0.2) is 10.1 Å². The van der Waals surface area contributed by atoms with E-state index in [0.717, 1.165) is 32.6 Å². The Morgan fingerprint density at radius 3 is 2.24 bits per heavy atom. The van der Waals surface area contributed by atoms with Crippen LogP contribution in [0.3, 0.4) is 0 Å². The lowest BCUT2D eigenvalue weighted by Gasteiger charge is -2.15. The first-order valence-electron chi connectivity index (χ1n) is 6.29. The van der Waals surface area contributed by atoms with E-state index >= 15 is 0 Å². The first kappa shape index (κ1) is 12.5. The molecule has 1 heterocycles. The Bertz CT molecular complexity index is 352. The van der Waals surface area contributed by atoms with E-state index in [-0.39, 0.29) is 5.92 Å². The van der Waals surface area contributed by atoms with Gasteiger partial charge in [0.2, 0.25) is 0 Å². The zero-order valence-electron chi connectivity index (χ0n) is 10.1. The lowest BCUT2D eigenvalue weighted by atomic mass is 9.91. The second-order valence-electron chi connectivity index (χ2n) is 4.89. The van der Waals surface area contributed by atoms with Crippen molar-refractivity contribution in [2.75, 3.05) is 0 Å². The fourth-order valence-corrected chi connectivity index (χ4v) is 2.29. The standard InChI is InChI=1S/C12H18F2N2O/c1-12(13,14)11-15-10(16-17-11)9-7-5-3-2-4-6-8-9/h9H,2-8H2,1H3. The molecule has 96 valence electrons. The summed E-state index contributed by atoms with van der Waals surface area (Å²) in [6, 6.07) is 0. The van der Waals surface area contributed by atoms with Crippen LogP contribution < -0.4 is 0 Å². The normalized spacial score (nSPS) is 19.9. The molecule has 3 nitrogen and oxygen atoms in total. The topological polar surface area (TPSA) is 38.9 Å². The van der Waals surface area contributed by atoms with Crippen LogP contribution in [0, 0.1) is 0 Å². The van der Waals surface area contributed by atoms with E-state index < -0.39 is 11.8 Å². The van der Waals surface area contributed by atoms with Gasteiger partial charge in [0.25, 0.3) is 5.89 Å². The fourth-order valence-electron chi connectivity index (χ4n) is 2.29. The van der Waals surface area contributed by atoms with E-state index in [1.54, 1.807) is 0 Å². The maximum absolute atomic E-state index is 13.0. The highest BCUT2D eigenvalue weighted by molar-refractivity contribution is 4.98. The van der Waals surface area contributed by atoms with Gasteiger partial charge >= 0.3 is 5.92 Å². The summed E-state index contributed by atoms with van der Waals surface area (Å²) in [5, 5.41) is 3.71. The van der Waals surface area contributed by atoms with Crippen molar-refractivity contribution in [3.63, 3.8) is 0 Å². The summed E-state index contributed by atoms with van der Waals surface area (Å²) in [5.74, 6) is -2.94. The second kappa shape index (κ2) is 5.10. The smallest absolute Gasteiger partial charge is 0.322 e. The van der Waals surface area contributed by atoms with Gasteiger partial charge in [-0.1, -0.05) is 37.3 Å². The average molecular weight is 244 g/mol. The zero-order chi connectivity index (χ0) is 12.3. The quantitative estimate of drug-likeness (QED) is 0.789. The highest BCUT2D eigenvalue weighted by atomic mass is 19.3. The van der Waals surface area contributed by atoms with Gasteiger partial charge in [-0.3, -0.25) is 0 Å². The van der Waals surface area contributed by atoms with E-state index in [4.69, 9.17) is 0 Å². The number of rotatable bonds is 2. The fraction of sp³-hybridized carbons (Fsp3) is 0.833. The van der Waals surface area contributed by atoms with Gasteiger partial charge in [-0.25, -0.2) is 0 Å². The zero-order valence-corrected chi connectivity index (χ0v) is 10.1. The van der Waals surface area contributed by atoms with Crippen molar-refractivity contribution in [2.24, 2.45) is 0 Å². The minimum Gasteiger partial charge on any atom is -0.333 e. The summed E-state index contributed by atoms with van der Waals surface area (Å²) < 4.78 is 30.6. The first-order valence-corrected chi connectivity index (χ1v) is 6.29. The third-order valence-electron chi connectivity index (χ3n) is 3.29. The monoisotopic (exact) mass is 244 g/mol. The summed E-state index contributed by atoms with van der Waals surface area (Å²) in [6.45, 7) is 0.780. The molecule has 0 amide bonds. The van der Waals surface area contributed by atoms with Crippen LogP contribution in [0.5, 0.6) is 0 Å². The second-order valence-corrected chi connectivity index (χ2v) is 4.89. The maximum Gasteiger partial charge on any atom is 0.322 e. The molecule has 0 aliphatic heterocycles. The number of alkyl halides is 2. The van der Waals surface area contributed by atoms with Gasteiger partial charge in [0.05, 0.1) is 0 Å². The molecule has 17 heavy (non-hydrogen) atoms. The molecule has 1 aromatic rings. The van der Waals surface area contributed by atoms with E-state index in [2.05, 4.69) is 14.7 Å². The van der Waals surface area contributed by atoms with Crippen LogP contribution in [-0.2, 0) is 5.92 Å². The summed E-state index contributed by atoms with van der Waals surface area (Å²) in [6.07, 6.45) is 7.91. The molecule has 1 aliphatic rings. The molecule has 0 atom stereocenters. The van der Waals surface area contributed by atoms with Gasteiger partial charge in [0.1, 0.15) is 0 Å². The molecule has 0 unspecified atom stereocenters. The van der Waals surface area contributed by atoms with Crippen molar-refractivity contribution in [3.05, 3.63) is 11.7 Å². The van der Waals surface area contributed by atoms with Gasteiger partial charge in [0, 0.05) is 12.8 Å². The lowest BCUT2D eigenvalue weighted by Crippen LogP contribution is -2.09. The molecule has 5 heteroatoms. The minimum absolute atomic E-state index is 0.190. The Morgan fingerprint density at radius 1 is 1.12 bits per heavy atom. The van der Waals surface area contributed by atoms with Crippen LogP contribution in [0.2, 0.25) is 0 Å². The van der Waals surface area contributed by atoms with Gasteiger partial charge in [-0.05, 0) is 12.8 Å². The SMILES string of the molecule is CC(F)(F)c1nc(C2CCCCCCC2)no1. The van der Waals surface area contributed by atoms with Crippen LogP contribution in [0.15, 0.2) is 4.52 Å². The molecule has 0 spiro atoms. The molecule has 1 fully saturated rings. The van der Waals surface area contributed by atoms with Gasteiger partial charge in [-0.2, -0.15) is 13.8 Å². The molecule has 0 aromatic carbocycles. The third-order valence-corrected chi connectivity index (χ3v) is 3.29. The Labute approximate surface area is 99.6 Å². The molecular weight excluding hydrogens is 226 g/mol. The van der Waals surface area contributed by atoms with Crippen LogP contribution in [0.4, 0.5) is 8.78 Å². The molecule has 0 saturated heterocycles. The van der Waals surface area contributed by atoms with Gasteiger partial charge in [-0.15, -0.1) is 0 Å². The largest absolute Gasteiger partial charge is 0.333 e. The molecular formula is C12H18F2N2O. The van der Waals surface area contributed by atoms with Crippen LogP contribution >= 0.6 is 0 Å². The molecule has 0 bridgehead atoms. The molecule has 1 aromatic heterocycles. The Hall–Kier alpha value is -1.00. The van der Waals surface area contributed by atoms with E-state index in [0.29, 0.717) is 5.82 Å². The maximum atomic E-state index is 13.0. The van der Waals surface area contributed by atoms with Gasteiger partial charge < -0.3 is 4.52 Å². The predicted octanol–water partition coefficient (Wildman–Crippen LogP) is 4.01. The van der Waals surface area contributed by atoms with E-state index in [1.165, 1.54) is 19.3 Å². The number of hydrogen-bond donors (Lipinski definition) is 0. The van der Waals surface area contributed by atoms with Crippen molar-refractivity contribution in [1.29, 1.82) is 0 Å². The average Bonchev–Trinajstić information content (AvgIpc) is 2.65. The van der Waals surface area contributed by atoms with Crippen molar-refractivity contribution < 1.29 is 13.3 Å². The summed E-state index contributed by atoms with van der Waals surface area (Å²) >= 11 is 0. The van der Waals surface area contributed by atoms with Gasteiger partial charge in [0.15, 0.2) is 5.82 Å². The van der Waals surface area contributed by atoms with Crippen molar-refractivity contribution >= 4 is 0 Å². The predicted molar refractivity (Wildman–Crippen MR) is 58.9 cm³/mol. The van der Waals surface area contributed by atoms with Crippen molar-refractivity contribution in [3.8, 4) is 0 Å². The molecule has 0 radical (unpaired) electrons. The highest BCUT2D eigenvalue weighted by Crippen LogP contribution is 2.31. The minimum atomic E-state index is -3.03. The molecule has 1 saturated carbocycles. The lowest BCUT2D eigenvalue weighted by molar-refractivity contribution is -0.0158. The number of hydrogen-bond acceptors (Lipinski definition) is 3. The van der Waals surface area contributed by atoms with Crippen molar-refractivity contribution in [2.45, 2.75) is 63.7 Å². The summed E-state index contributed by atoms with van der Waals surface area (Å²) in [7, 11) is 0. The van der Waals surface area contributed by atoms with E-state index in [1.807, 2.05) is 0 Å². The molecule has 2 rings (SSSR count). The highest BCUT2D eigenvalue weighted by Gasteiger charge is 2.33. The first-order chi connectivity index (χ1) is 8.07. The van der Waals surface area contributed by atoms with Crippen LogP contribution in [0.25, 0.3) is 0 Å². The van der Waals surface area contributed by atoms with E-state index in [9.17, 15) is 8.78 Å². The number of aromatic nitrogens is 2. The molecule has 1 aliphatic carbocycles. The summed E-state index contributed by atoms with van der Waals surface area (Å²) in [5.41, 5.74) is 0. The Morgan fingerprint density at radius 2 is 1.71 bits per heavy atom. The Kier molecular flexibility index (Phi) is 3.74. The van der Waals surface area contributed by atoms with Crippen LogP contribution in [0.1, 0.15) is 69.5 Å². The Balaban J connectivity index is 2.07. The third kappa shape index (κ3) is 3.23. The van der Waals surface area contributed by atoms with Crippen molar-refractivity contribution in [1.82, 2.24) is 10.1 Å². The number of nitrogens with zero attached hydrogens (tertiary/aromatic N) is 2. The molecule has 0 N–H and O–H groups in total.